The van der Waals surface area contributed by atoms with Gasteiger partial charge in [-0.05, 0) is 36.2 Å². The van der Waals surface area contributed by atoms with Gasteiger partial charge in [-0.25, -0.2) is 4.39 Å². The summed E-state index contributed by atoms with van der Waals surface area (Å²) in [6, 6.07) is 10.1. The smallest absolute Gasteiger partial charge is 0.142 e. The Morgan fingerprint density at radius 1 is 1.28 bits per heavy atom. The largest absolute Gasteiger partial charge is 0.487 e. The molecule has 94 valence electrons. The van der Waals surface area contributed by atoms with Crippen molar-refractivity contribution in [3.05, 3.63) is 58.4 Å². The predicted molar refractivity (Wildman–Crippen MR) is 71.3 cm³/mol. The predicted octanol–water partition coefficient (Wildman–Crippen LogP) is 3.95. The van der Waals surface area contributed by atoms with E-state index in [9.17, 15) is 4.39 Å². The summed E-state index contributed by atoms with van der Waals surface area (Å²) in [6.07, 6.45) is 0. The van der Waals surface area contributed by atoms with Gasteiger partial charge in [-0.1, -0.05) is 29.8 Å². The highest BCUT2D eigenvalue weighted by molar-refractivity contribution is 6.30. The normalized spacial score (nSPS) is 10.4. The molecule has 0 aliphatic heterocycles. The van der Waals surface area contributed by atoms with E-state index in [4.69, 9.17) is 22.1 Å². The van der Waals surface area contributed by atoms with Gasteiger partial charge in [0, 0.05) is 0 Å². The minimum absolute atomic E-state index is 0.105. The van der Waals surface area contributed by atoms with Gasteiger partial charge in [0.2, 0.25) is 0 Å². The highest BCUT2D eigenvalue weighted by atomic mass is 35.5. The van der Waals surface area contributed by atoms with Crippen molar-refractivity contribution in [3.63, 3.8) is 0 Å². The van der Waals surface area contributed by atoms with Gasteiger partial charge in [-0.2, -0.15) is 0 Å². The van der Waals surface area contributed by atoms with Gasteiger partial charge in [0.25, 0.3) is 0 Å². The molecule has 0 heterocycles. The number of benzene rings is 2. The second-order valence-corrected chi connectivity index (χ2v) is 4.43. The Hall–Kier alpha value is -1.74. The van der Waals surface area contributed by atoms with E-state index in [-0.39, 0.29) is 11.6 Å². The average Bonchev–Trinajstić information content (AvgIpc) is 2.35. The molecule has 0 unspecified atom stereocenters. The molecule has 0 saturated carbocycles. The Morgan fingerprint density at radius 2 is 2.06 bits per heavy atom. The van der Waals surface area contributed by atoms with Gasteiger partial charge in [0.1, 0.15) is 18.2 Å². The summed E-state index contributed by atoms with van der Waals surface area (Å²) in [6.45, 7) is 2.16. The maximum atomic E-state index is 13.2. The second kappa shape index (κ2) is 5.27. The third-order valence-electron chi connectivity index (χ3n) is 2.66. The first-order valence-electron chi connectivity index (χ1n) is 5.50. The maximum Gasteiger partial charge on any atom is 0.142 e. The first-order valence-corrected chi connectivity index (χ1v) is 5.87. The standard InChI is InChI=1S/C14H13ClFNO/c1-9-3-2-4-13(14(9)17)18-8-10-5-6-11(15)12(16)7-10/h2-7H,8,17H2,1H3. The fraction of sp³-hybridized carbons (Fsp3) is 0.143. The number of halogens is 2. The lowest BCUT2D eigenvalue weighted by molar-refractivity contribution is 0.307. The lowest BCUT2D eigenvalue weighted by Gasteiger charge is -2.10. The molecule has 2 nitrogen and oxygen atoms in total. The van der Waals surface area contributed by atoms with Gasteiger partial charge in [-0.3, -0.25) is 0 Å². The van der Waals surface area contributed by atoms with Gasteiger partial charge < -0.3 is 10.5 Å². The van der Waals surface area contributed by atoms with E-state index in [2.05, 4.69) is 0 Å². The molecule has 0 saturated heterocycles. The van der Waals surface area contributed by atoms with Crippen LogP contribution in [0.4, 0.5) is 10.1 Å². The van der Waals surface area contributed by atoms with E-state index in [1.165, 1.54) is 12.1 Å². The van der Waals surface area contributed by atoms with Crippen molar-refractivity contribution in [3.8, 4) is 5.75 Å². The van der Waals surface area contributed by atoms with Crippen molar-refractivity contribution < 1.29 is 9.13 Å². The third kappa shape index (κ3) is 2.74. The first kappa shape index (κ1) is 12.7. The van der Waals surface area contributed by atoms with Crippen molar-refractivity contribution in [2.24, 2.45) is 0 Å². The molecule has 2 aromatic rings. The molecule has 0 amide bonds. The molecule has 0 radical (unpaired) electrons. The molecule has 18 heavy (non-hydrogen) atoms. The zero-order valence-corrected chi connectivity index (χ0v) is 10.7. The van der Waals surface area contributed by atoms with Crippen molar-refractivity contribution in [1.29, 1.82) is 0 Å². The Labute approximate surface area is 110 Å². The number of ether oxygens (including phenoxy) is 1. The van der Waals surface area contributed by atoms with Crippen LogP contribution in [0.15, 0.2) is 36.4 Å². The van der Waals surface area contributed by atoms with Crippen LogP contribution in [0.5, 0.6) is 5.75 Å². The molecule has 2 rings (SSSR count). The number of aryl methyl sites for hydroxylation is 1. The van der Waals surface area contributed by atoms with E-state index in [0.29, 0.717) is 17.0 Å². The zero-order valence-electron chi connectivity index (χ0n) is 9.91. The van der Waals surface area contributed by atoms with Crippen LogP contribution < -0.4 is 10.5 Å². The van der Waals surface area contributed by atoms with Crippen LogP contribution in [0.2, 0.25) is 5.02 Å². The Morgan fingerprint density at radius 3 is 2.78 bits per heavy atom. The van der Waals surface area contributed by atoms with Crippen LogP contribution in [-0.2, 0) is 6.61 Å². The highest BCUT2D eigenvalue weighted by Crippen LogP contribution is 2.25. The molecule has 0 aliphatic rings. The lowest BCUT2D eigenvalue weighted by atomic mass is 10.2. The number of hydrogen-bond donors (Lipinski definition) is 1. The van der Waals surface area contributed by atoms with Crippen LogP contribution in [0, 0.1) is 12.7 Å². The van der Waals surface area contributed by atoms with Crippen LogP contribution in [-0.4, -0.2) is 0 Å². The first-order chi connectivity index (χ1) is 8.58. The van der Waals surface area contributed by atoms with Gasteiger partial charge in [0.15, 0.2) is 0 Å². The van der Waals surface area contributed by atoms with Crippen LogP contribution >= 0.6 is 11.6 Å². The lowest BCUT2D eigenvalue weighted by Crippen LogP contribution is -2.00. The van der Waals surface area contributed by atoms with Gasteiger partial charge in [-0.15, -0.1) is 0 Å². The summed E-state index contributed by atoms with van der Waals surface area (Å²) < 4.78 is 18.8. The van der Waals surface area contributed by atoms with E-state index in [1.54, 1.807) is 12.1 Å². The van der Waals surface area contributed by atoms with Gasteiger partial charge in [0.05, 0.1) is 10.7 Å². The topological polar surface area (TPSA) is 35.2 Å². The Balaban J connectivity index is 2.11. The number of nitrogen functional groups attached to an aromatic ring is 1. The molecular formula is C14H13ClFNO. The second-order valence-electron chi connectivity index (χ2n) is 4.02. The third-order valence-corrected chi connectivity index (χ3v) is 2.97. The number of hydrogen-bond acceptors (Lipinski definition) is 2. The molecule has 0 spiro atoms. The minimum atomic E-state index is -0.449. The van der Waals surface area contributed by atoms with E-state index < -0.39 is 5.82 Å². The molecular weight excluding hydrogens is 253 g/mol. The fourth-order valence-corrected chi connectivity index (χ4v) is 1.69. The van der Waals surface area contributed by atoms with Crippen LogP contribution in [0.25, 0.3) is 0 Å². The number of para-hydroxylation sites is 1. The quantitative estimate of drug-likeness (QED) is 0.853. The summed E-state index contributed by atoms with van der Waals surface area (Å²) in [7, 11) is 0. The van der Waals surface area contributed by atoms with Crippen LogP contribution in [0.3, 0.4) is 0 Å². The van der Waals surface area contributed by atoms with Crippen LogP contribution in [0.1, 0.15) is 11.1 Å². The fourth-order valence-electron chi connectivity index (χ4n) is 1.57. The summed E-state index contributed by atoms with van der Waals surface area (Å²) in [5.74, 6) is 0.153. The summed E-state index contributed by atoms with van der Waals surface area (Å²) in [5.41, 5.74) is 8.14. The highest BCUT2D eigenvalue weighted by Gasteiger charge is 2.05. The zero-order chi connectivity index (χ0) is 13.1. The molecule has 0 aromatic heterocycles. The Bertz CT molecular complexity index is 572. The van der Waals surface area contributed by atoms with E-state index in [1.807, 2.05) is 19.1 Å². The van der Waals surface area contributed by atoms with Crippen molar-refractivity contribution >= 4 is 17.3 Å². The average molecular weight is 266 g/mol. The summed E-state index contributed by atoms with van der Waals surface area (Å²) in [5, 5.41) is 0.105. The molecule has 4 heteroatoms. The SMILES string of the molecule is Cc1cccc(OCc2ccc(Cl)c(F)c2)c1N. The van der Waals surface area contributed by atoms with Crippen molar-refractivity contribution in [1.82, 2.24) is 0 Å². The maximum absolute atomic E-state index is 13.2. The number of rotatable bonds is 3. The van der Waals surface area contributed by atoms with Gasteiger partial charge >= 0.3 is 0 Å². The number of nitrogens with two attached hydrogens (primary N) is 1. The van der Waals surface area contributed by atoms with E-state index in [0.717, 1.165) is 5.56 Å². The minimum Gasteiger partial charge on any atom is -0.487 e. The van der Waals surface area contributed by atoms with E-state index >= 15 is 0 Å². The van der Waals surface area contributed by atoms with Crippen molar-refractivity contribution in [2.45, 2.75) is 13.5 Å². The molecule has 0 fully saturated rings. The summed E-state index contributed by atoms with van der Waals surface area (Å²) >= 11 is 5.61. The molecule has 0 atom stereocenters. The molecule has 0 aliphatic carbocycles. The molecule has 2 N–H and O–H groups in total. The number of anilines is 1. The monoisotopic (exact) mass is 265 g/mol. The Kier molecular flexibility index (Phi) is 3.72. The summed E-state index contributed by atoms with van der Waals surface area (Å²) in [4.78, 5) is 0. The van der Waals surface area contributed by atoms with Crippen molar-refractivity contribution in [2.75, 3.05) is 5.73 Å². The molecule has 2 aromatic carbocycles. The molecule has 0 bridgehead atoms.